The molecule has 1 saturated carbocycles. The molecule has 0 saturated heterocycles. The van der Waals surface area contributed by atoms with E-state index in [1.54, 1.807) is 0 Å². The van der Waals surface area contributed by atoms with E-state index in [1.807, 2.05) is 0 Å². The number of hydrogen-bond acceptors (Lipinski definition) is 5. The van der Waals surface area contributed by atoms with Crippen LogP contribution in [0.15, 0.2) is 4.52 Å². The zero-order chi connectivity index (χ0) is 12.5. The zero-order valence-electron chi connectivity index (χ0n) is 8.96. The van der Waals surface area contributed by atoms with Crippen LogP contribution in [0, 0.1) is 0 Å². The number of rotatable bonds is 5. The molecule has 0 radical (unpaired) electrons. The quantitative estimate of drug-likeness (QED) is 0.849. The van der Waals surface area contributed by atoms with Crippen LogP contribution in [0.3, 0.4) is 0 Å². The minimum atomic E-state index is -4.35. The summed E-state index contributed by atoms with van der Waals surface area (Å²) in [5, 5.41) is 3.56. The molecule has 96 valence electrons. The maximum absolute atomic E-state index is 11.8. The maximum Gasteiger partial charge on any atom is 0.411 e. The summed E-state index contributed by atoms with van der Waals surface area (Å²) in [6.07, 6.45) is -2.61. The van der Waals surface area contributed by atoms with Crippen molar-refractivity contribution in [2.45, 2.75) is 31.0 Å². The lowest BCUT2D eigenvalue weighted by Gasteiger charge is -2.05. The van der Waals surface area contributed by atoms with Crippen LogP contribution in [0.2, 0.25) is 0 Å². The second-order valence-electron chi connectivity index (χ2n) is 4.11. The average molecular weight is 251 g/mol. The van der Waals surface area contributed by atoms with Gasteiger partial charge in [0.05, 0.1) is 5.41 Å². The van der Waals surface area contributed by atoms with Gasteiger partial charge in [0.25, 0.3) is 0 Å². The van der Waals surface area contributed by atoms with Crippen LogP contribution in [-0.4, -0.2) is 29.5 Å². The summed E-state index contributed by atoms with van der Waals surface area (Å²) in [7, 11) is 0. The molecule has 2 N–H and O–H groups in total. The first-order chi connectivity index (χ1) is 7.95. The van der Waals surface area contributed by atoms with Crippen LogP contribution < -0.4 is 5.73 Å². The Morgan fingerprint density at radius 1 is 1.41 bits per heavy atom. The lowest BCUT2D eigenvalue weighted by atomic mass is 10.1. The SMILES string of the molecule is NCC1(c2nc(COCC(F)(F)F)no2)CC1. The second kappa shape index (κ2) is 4.26. The van der Waals surface area contributed by atoms with E-state index in [4.69, 9.17) is 10.3 Å². The Morgan fingerprint density at radius 2 is 2.12 bits per heavy atom. The third-order valence-corrected chi connectivity index (χ3v) is 2.66. The van der Waals surface area contributed by atoms with Crippen LogP contribution in [0.5, 0.6) is 0 Å². The summed E-state index contributed by atoms with van der Waals surface area (Å²) < 4.78 is 44.8. The molecule has 5 nitrogen and oxygen atoms in total. The monoisotopic (exact) mass is 251 g/mol. The van der Waals surface area contributed by atoms with Crippen molar-refractivity contribution in [3.05, 3.63) is 11.7 Å². The molecule has 1 fully saturated rings. The first-order valence-corrected chi connectivity index (χ1v) is 5.13. The number of aromatic nitrogens is 2. The standard InChI is InChI=1S/C9H12F3N3O2/c10-9(11,12)5-16-3-6-14-7(17-15-6)8(4-13)1-2-8/h1-5,13H2. The first-order valence-electron chi connectivity index (χ1n) is 5.13. The molecule has 0 spiro atoms. The molecule has 0 unspecified atom stereocenters. The minimum absolute atomic E-state index is 0.115. The Labute approximate surface area is 95.1 Å². The Morgan fingerprint density at radius 3 is 2.65 bits per heavy atom. The van der Waals surface area contributed by atoms with Crippen molar-refractivity contribution >= 4 is 0 Å². The van der Waals surface area contributed by atoms with Crippen molar-refractivity contribution in [3.8, 4) is 0 Å². The predicted octanol–water partition coefficient (Wildman–Crippen LogP) is 1.14. The Balaban J connectivity index is 1.87. The minimum Gasteiger partial charge on any atom is -0.364 e. The molecular formula is C9H12F3N3O2. The van der Waals surface area contributed by atoms with Crippen molar-refractivity contribution in [1.82, 2.24) is 10.1 Å². The normalized spacial score (nSPS) is 18.4. The topological polar surface area (TPSA) is 74.2 Å². The van der Waals surface area contributed by atoms with Gasteiger partial charge in [-0.1, -0.05) is 5.16 Å². The van der Waals surface area contributed by atoms with E-state index < -0.39 is 12.8 Å². The predicted molar refractivity (Wildman–Crippen MR) is 50.0 cm³/mol. The summed E-state index contributed by atoms with van der Waals surface area (Å²) in [5.74, 6) is 0.509. The van der Waals surface area contributed by atoms with Crippen LogP contribution in [0.1, 0.15) is 24.6 Å². The molecule has 1 aromatic heterocycles. The van der Waals surface area contributed by atoms with Crippen molar-refractivity contribution in [2.24, 2.45) is 5.73 Å². The van der Waals surface area contributed by atoms with Gasteiger partial charge in [-0.2, -0.15) is 18.2 Å². The Hall–Kier alpha value is -1.15. The molecule has 1 aliphatic rings. The van der Waals surface area contributed by atoms with Crippen LogP contribution >= 0.6 is 0 Å². The maximum atomic E-state index is 11.8. The summed E-state index contributed by atoms with van der Waals surface area (Å²) >= 11 is 0. The molecule has 0 amide bonds. The molecule has 1 aromatic rings. The number of nitrogens with two attached hydrogens (primary N) is 1. The van der Waals surface area contributed by atoms with Gasteiger partial charge in [0.2, 0.25) is 5.89 Å². The van der Waals surface area contributed by atoms with Gasteiger partial charge < -0.3 is 15.0 Å². The van der Waals surface area contributed by atoms with Crippen LogP contribution in [-0.2, 0) is 16.8 Å². The number of halogens is 3. The van der Waals surface area contributed by atoms with E-state index in [2.05, 4.69) is 14.9 Å². The highest BCUT2D eigenvalue weighted by Gasteiger charge is 2.48. The van der Waals surface area contributed by atoms with Gasteiger partial charge in [-0.3, -0.25) is 0 Å². The van der Waals surface area contributed by atoms with Crippen molar-refractivity contribution in [2.75, 3.05) is 13.2 Å². The Bertz CT molecular complexity index is 387. The summed E-state index contributed by atoms with van der Waals surface area (Å²) in [6.45, 7) is -1.24. The third-order valence-electron chi connectivity index (χ3n) is 2.66. The second-order valence-corrected chi connectivity index (χ2v) is 4.11. The molecule has 0 aromatic carbocycles. The smallest absolute Gasteiger partial charge is 0.364 e. The molecule has 1 aliphatic carbocycles. The van der Waals surface area contributed by atoms with Gasteiger partial charge in [-0.15, -0.1) is 0 Å². The van der Waals surface area contributed by atoms with E-state index in [0.29, 0.717) is 12.4 Å². The molecule has 2 rings (SSSR count). The van der Waals surface area contributed by atoms with Gasteiger partial charge in [0, 0.05) is 6.54 Å². The molecule has 0 atom stereocenters. The molecule has 17 heavy (non-hydrogen) atoms. The van der Waals surface area contributed by atoms with E-state index in [9.17, 15) is 13.2 Å². The van der Waals surface area contributed by atoms with Crippen molar-refractivity contribution in [3.63, 3.8) is 0 Å². The molecular weight excluding hydrogens is 239 g/mol. The Kier molecular flexibility index (Phi) is 3.09. The van der Waals surface area contributed by atoms with Gasteiger partial charge in [0.1, 0.15) is 13.2 Å². The first kappa shape index (κ1) is 12.3. The lowest BCUT2D eigenvalue weighted by molar-refractivity contribution is -0.177. The number of nitrogens with zero attached hydrogens (tertiary/aromatic N) is 2. The summed E-state index contributed by atoms with van der Waals surface area (Å²) in [5.41, 5.74) is 5.30. The van der Waals surface area contributed by atoms with E-state index >= 15 is 0 Å². The van der Waals surface area contributed by atoms with E-state index in [1.165, 1.54) is 0 Å². The fourth-order valence-electron chi connectivity index (χ4n) is 1.44. The van der Waals surface area contributed by atoms with Gasteiger partial charge >= 0.3 is 6.18 Å². The summed E-state index contributed by atoms with van der Waals surface area (Å²) in [4.78, 5) is 3.98. The number of alkyl halides is 3. The van der Waals surface area contributed by atoms with Crippen molar-refractivity contribution < 1.29 is 22.4 Å². The molecule has 1 heterocycles. The lowest BCUT2D eigenvalue weighted by Crippen LogP contribution is -2.20. The van der Waals surface area contributed by atoms with Gasteiger partial charge in [0.15, 0.2) is 5.82 Å². The van der Waals surface area contributed by atoms with E-state index in [0.717, 1.165) is 12.8 Å². The van der Waals surface area contributed by atoms with Crippen LogP contribution in [0.4, 0.5) is 13.2 Å². The van der Waals surface area contributed by atoms with Gasteiger partial charge in [-0.25, -0.2) is 0 Å². The van der Waals surface area contributed by atoms with E-state index in [-0.39, 0.29) is 17.8 Å². The summed E-state index contributed by atoms with van der Waals surface area (Å²) in [6, 6.07) is 0. The number of hydrogen-bond donors (Lipinski definition) is 1. The van der Waals surface area contributed by atoms with Crippen LogP contribution in [0.25, 0.3) is 0 Å². The zero-order valence-corrected chi connectivity index (χ0v) is 8.96. The average Bonchev–Trinajstić information content (AvgIpc) is 2.91. The molecule has 0 bridgehead atoms. The largest absolute Gasteiger partial charge is 0.411 e. The third kappa shape index (κ3) is 2.95. The fourth-order valence-corrected chi connectivity index (χ4v) is 1.44. The highest BCUT2D eigenvalue weighted by atomic mass is 19.4. The van der Waals surface area contributed by atoms with Crippen molar-refractivity contribution in [1.29, 1.82) is 0 Å². The highest BCUT2D eigenvalue weighted by Crippen LogP contribution is 2.46. The highest BCUT2D eigenvalue weighted by molar-refractivity contribution is 5.16. The van der Waals surface area contributed by atoms with Gasteiger partial charge in [-0.05, 0) is 12.8 Å². The molecule has 8 heteroatoms. The molecule has 0 aliphatic heterocycles. The fraction of sp³-hybridized carbons (Fsp3) is 0.778. The number of ether oxygens (including phenoxy) is 1.